The first kappa shape index (κ1) is 19.1. The fraction of sp³-hybridized carbons (Fsp3) is 0.200. The quantitative estimate of drug-likeness (QED) is 0.408. The lowest BCUT2D eigenvalue weighted by molar-refractivity contribution is -0.255. The van der Waals surface area contributed by atoms with Crippen molar-refractivity contribution in [2.75, 3.05) is 0 Å². The van der Waals surface area contributed by atoms with E-state index in [1.165, 1.54) is 18.3 Å². The number of ether oxygens (including phenoxy) is 1. The van der Waals surface area contributed by atoms with Crippen molar-refractivity contribution in [3.05, 3.63) is 65.2 Å². The molecule has 2 aromatic rings. The molecule has 0 bridgehead atoms. The number of carboxylic acid groups (broad SMARTS) is 1. The Balaban J connectivity index is 1.50. The molecule has 1 fully saturated rings. The highest BCUT2D eigenvalue weighted by molar-refractivity contribution is 6.35. The molecule has 0 saturated heterocycles. The molecule has 0 unspecified atom stereocenters. The molecular formula is C20H18N3O5-. The van der Waals surface area contributed by atoms with E-state index in [9.17, 15) is 19.5 Å². The van der Waals surface area contributed by atoms with Crippen molar-refractivity contribution in [2.45, 2.75) is 25.5 Å². The molecule has 2 aromatic carbocycles. The van der Waals surface area contributed by atoms with Crippen molar-refractivity contribution in [1.29, 1.82) is 0 Å². The van der Waals surface area contributed by atoms with Gasteiger partial charge in [0.2, 0.25) is 0 Å². The smallest absolute Gasteiger partial charge is 0.329 e. The summed E-state index contributed by atoms with van der Waals surface area (Å²) in [5, 5.41) is 17.1. The van der Waals surface area contributed by atoms with Gasteiger partial charge in [-0.3, -0.25) is 9.59 Å². The largest absolute Gasteiger partial charge is 0.545 e. The predicted molar refractivity (Wildman–Crippen MR) is 98.4 cm³/mol. The zero-order valence-corrected chi connectivity index (χ0v) is 14.9. The molecule has 8 nitrogen and oxygen atoms in total. The predicted octanol–water partition coefficient (Wildman–Crippen LogP) is 0.358. The van der Waals surface area contributed by atoms with E-state index in [4.69, 9.17) is 4.74 Å². The number of carboxylic acids is 1. The zero-order chi connectivity index (χ0) is 19.9. The van der Waals surface area contributed by atoms with Crippen LogP contribution in [0.4, 0.5) is 0 Å². The molecule has 1 aliphatic rings. The van der Waals surface area contributed by atoms with Crippen molar-refractivity contribution in [3.8, 4) is 5.75 Å². The molecule has 8 heteroatoms. The van der Waals surface area contributed by atoms with Gasteiger partial charge in [-0.2, -0.15) is 5.10 Å². The van der Waals surface area contributed by atoms with Crippen molar-refractivity contribution in [2.24, 2.45) is 5.10 Å². The summed E-state index contributed by atoms with van der Waals surface area (Å²) < 4.78 is 5.67. The van der Waals surface area contributed by atoms with Crippen LogP contribution in [0.5, 0.6) is 5.75 Å². The number of carbonyl (C=O) groups is 3. The van der Waals surface area contributed by atoms with Crippen LogP contribution in [0.25, 0.3) is 0 Å². The molecule has 3 rings (SSSR count). The summed E-state index contributed by atoms with van der Waals surface area (Å²) >= 11 is 0. The Kier molecular flexibility index (Phi) is 6.01. The second-order valence-corrected chi connectivity index (χ2v) is 6.29. The molecule has 0 spiro atoms. The molecule has 0 atom stereocenters. The first-order chi connectivity index (χ1) is 13.5. The lowest BCUT2D eigenvalue weighted by atomic mass is 10.1. The van der Waals surface area contributed by atoms with Gasteiger partial charge in [0.15, 0.2) is 0 Å². The number of carbonyl (C=O) groups excluding carboxylic acids is 3. The fourth-order valence-corrected chi connectivity index (χ4v) is 2.28. The van der Waals surface area contributed by atoms with Crippen molar-refractivity contribution >= 4 is 24.0 Å². The number of nitrogens with zero attached hydrogens (tertiary/aromatic N) is 1. The van der Waals surface area contributed by atoms with Crippen LogP contribution in [-0.2, 0) is 16.2 Å². The van der Waals surface area contributed by atoms with Gasteiger partial charge in [0.25, 0.3) is 0 Å². The van der Waals surface area contributed by atoms with Gasteiger partial charge in [-0.25, -0.2) is 5.43 Å². The minimum Gasteiger partial charge on any atom is -0.545 e. The maximum Gasteiger partial charge on any atom is 0.329 e. The molecule has 0 radical (unpaired) electrons. The van der Waals surface area contributed by atoms with Crippen LogP contribution in [0.3, 0.4) is 0 Å². The van der Waals surface area contributed by atoms with Gasteiger partial charge in [0, 0.05) is 6.04 Å². The zero-order valence-electron chi connectivity index (χ0n) is 14.9. The minimum absolute atomic E-state index is 0.105. The van der Waals surface area contributed by atoms with Gasteiger partial charge in [0.1, 0.15) is 12.4 Å². The maximum atomic E-state index is 11.6. The molecule has 0 heterocycles. The SMILES string of the molecule is O=C(N/N=C\c1cccc(OCc2ccc(C(=O)[O-])cc2)c1)C(=O)NC1CC1. The van der Waals surface area contributed by atoms with Gasteiger partial charge in [-0.1, -0.05) is 36.4 Å². The summed E-state index contributed by atoms with van der Waals surface area (Å²) in [6.07, 6.45) is 3.20. The van der Waals surface area contributed by atoms with E-state index in [1.54, 1.807) is 36.4 Å². The molecule has 1 saturated carbocycles. The van der Waals surface area contributed by atoms with Crippen LogP contribution < -0.4 is 20.6 Å². The van der Waals surface area contributed by atoms with E-state index in [1.807, 2.05) is 0 Å². The standard InChI is InChI=1S/C20H19N3O5/c24-18(22-16-8-9-16)19(25)23-21-11-14-2-1-3-17(10-14)28-12-13-4-6-15(7-5-13)20(26)27/h1-7,10-11,16H,8-9,12H2,(H,22,24)(H,23,25)(H,26,27)/p-1/b21-11-. The Morgan fingerprint density at radius 1 is 1.11 bits per heavy atom. The van der Waals surface area contributed by atoms with Crippen molar-refractivity contribution in [3.63, 3.8) is 0 Å². The van der Waals surface area contributed by atoms with Crippen LogP contribution in [-0.4, -0.2) is 30.0 Å². The van der Waals surface area contributed by atoms with Gasteiger partial charge in [-0.15, -0.1) is 0 Å². The first-order valence-electron chi connectivity index (χ1n) is 8.68. The van der Waals surface area contributed by atoms with E-state index >= 15 is 0 Å². The van der Waals surface area contributed by atoms with Crippen LogP contribution in [0.1, 0.15) is 34.3 Å². The molecule has 144 valence electrons. The van der Waals surface area contributed by atoms with Crippen molar-refractivity contribution < 1.29 is 24.2 Å². The Labute approximate surface area is 161 Å². The third-order valence-corrected chi connectivity index (χ3v) is 3.95. The molecule has 0 aromatic heterocycles. The number of nitrogens with one attached hydrogen (secondary N) is 2. The third kappa shape index (κ3) is 5.66. The summed E-state index contributed by atoms with van der Waals surface area (Å²) in [6.45, 7) is 0.256. The highest BCUT2D eigenvalue weighted by Crippen LogP contribution is 2.18. The van der Waals surface area contributed by atoms with Gasteiger partial charge >= 0.3 is 11.8 Å². The van der Waals surface area contributed by atoms with Crippen LogP contribution >= 0.6 is 0 Å². The van der Waals surface area contributed by atoms with E-state index in [2.05, 4.69) is 15.8 Å². The molecule has 2 N–H and O–H groups in total. The monoisotopic (exact) mass is 380 g/mol. The minimum atomic E-state index is -1.23. The van der Waals surface area contributed by atoms with E-state index in [0.29, 0.717) is 11.3 Å². The number of amides is 2. The normalized spacial score (nSPS) is 13.1. The maximum absolute atomic E-state index is 11.6. The Morgan fingerprint density at radius 2 is 1.86 bits per heavy atom. The van der Waals surface area contributed by atoms with Gasteiger partial charge in [0.05, 0.1) is 12.2 Å². The Morgan fingerprint density at radius 3 is 2.54 bits per heavy atom. The number of hydrogen-bond donors (Lipinski definition) is 2. The number of benzene rings is 2. The highest BCUT2D eigenvalue weighted by atomic mass is 16.5. The molecular weight excluding hydrogens is 362 g/mol. The second-order valence-electron chi connectivity index (χ2n) is 6.29. The lowest BCUT2D eigenvalue weighted by Crippen LogP contribution is -2.38. The Hall–Kier alpha value is -3.68. The Bertz CT molecular complexity index is 904. The number of rotatable bonds is 7. The first-order valence-corrected chi connectivity index (χ1v) is 8.68. The summed E-state index contributed by atoms with van der Waals surface area (Å²) in [6, 6.07) is 13.3. The van der Waals surface area contributed by atoms with Crippen LogP contribution in [0.2, 0.25) is 0 Å². The molecule has 0 aliphatic heterocycles. The van der Waals surface area contributed by atoms with E-state index in [0.717, 1.165) is 18.4 Å². The molecule has 2 amide bonds. The number of aromatic carboxylic acids is 1. The fourth-order valence-electron chi connectivity index (χ4n) is 2.28. The van der Waals surface area contributed by atoms with Gasteiger partial charge < -0.3 is 20.0 Å². The number of hydrogen-bond acceptors (Lipinski definition) is 6. The molecule has 28 heavy (non-hydrogen) atoms. The average molecular weight is 380 g/mol. The summed E-state index contributed by atoms with van der Waals surface area (Å²) in [4.78, 5) is 33.8. The average Bonchev–Trinajstić information content (AvgIpc) is 3.51. The van der Waals surface area contributed by atoms with Gasteiger partial charge in [-0.05, 0) is 41.7 Å². The van der Waals surface area contributed by atoms with E-state index in [-0.39, 0.29) is 18.2 Å². The second kappa shape index (κ2) is 8.81. The lowest BCUT2D eigenvalue weighted by Gasteiger charge is -2.08. The van der Waals surface area contributed by atoms with E-state index < -0.39 is 17.8 Å². The topological polar surface area (TPSA) is 120 Å². The van der Waals surface area contributed by atoms with Crippen LogP contribution in [0.15, 0.2) is 53.6 Å². The summed E-state index contributed by atoms with van der Waals surface area (Å²) in [5.74, 6) is -2.15. The highest BCUT2D eigenvalue weighted by Gasteiger charge is 2.26. The number of hydrazone groups is 1. The van der Waals surface area contributed by atoms with Crippen LogP contribution in [0, 0.1) is 0 Å². The third-order valence-electron chi connectivity index (χ3n) is 3.95. The molecule has 1 aliphatic carbocycles. The summed E-state index contributed by atoms with van der Waals surface area (Å²) in [7, 11) is 0. The van der Waals surface area contributed by atoms with Crippen molar-refractivity contribution in [1.82, 2.24) is 10.7 Å². The summed E-state index contributed by atoms with van der Waals surface area (Å²) in [5.41, 5.74) is 3.76.